The summed E-state index contributed by atoms with van der Waals surface area (Å²) in [6.07, 6.45) is 2.86. The maximum absolute atomic E-state index is 13.9. The molecule has 0 spiro atoms. The second-order valence-electron chi connectivity index (χ2n) is 11.2. The first-order valence-corrected chi connectivity index (χ1v) is 14.1. The molecule has 1 saturated heterocycles. The lowest BCUT2D eigenvalue weighted by atomic mass is 9.68. The van der Waals surface area contributed by atoms with Crippen molar-refractivity contribution in [1.29, 1.82) is 5.26 Å². The van der Waals surface area contributed by atoms with E-state index in [1.165, 1.54) is 45.5 Å². The molecule has 1 unspecified atom stereocenters. The van der Waals surface area contributed by atoms with Crippen LogP contribution in [0.25, 0.3) is 17.7 Å². The SMILES string of the molecule is CC(C)C(C#N)(CCCN1CCC(=C2c3ccccc3C=Cc3ccccc32)CC1)c1ccccc1C(F)(F)F. The van der Waals surface area contributed by atoms with E-state index in [-0.39, 0.29) is 11.5 Å². The fourth-order valence-electron chi connectivity index (χ4n) is 6.42. The summed E-state index contributed by atoms with van der Waals surface area (Å²) in [6, 6.07) is 25.0. The van der Waals surface area contributed by atoms with E-state index < -0.39 is 17.2 Å². The van der Waals surface area contributed by atoms with Crippen molar-refractivity contribution in [2.45, 2.75) is 51.1 Å². The smallest absolute Gasteiger partial charge is 0.303 e. The standard InChI is InChI=1S/C35H35F3N2/c1-25(2)34(24-39,31-14-7-8-15-32(31)35(36,37)38)20-9-21-40-22-18-28(19-23-40)33-29-12-5-3-10-26(29)16-17-27-11-4-6-13-30(27)33/h3-8,10-17,25H,9,18-23H2,1-2H3. The van der Waals surface area contributed by atoms with E-state index in [1.54, 1.807) is 6.07 Å². The van der Waals surface area contributed by atoms with Crippen LogP contribution in [0.4, 0.5) is 13.2 Å². The van der Waals surface area contributed by atoms with Crippen molar-refractivity contribution in [3.05, 3.63) is 112 Å². The predicted octanol–water partition coefficient (Wildman–Crippen LogP) is 8.98. The van der Waals surface area contributed by atoms with Crippen molar-refractivity contribution in [3.63, 3.8) is 0 Å². The van der Waals surface area contributed by atoms with Crippen molar-refractivity contribution in [1.82, 2.24) is 4.90 Å². The Morgan fingerprint density at radius 1 is 0.800 bits per heavy atom. The molecule has 3 aromatic rings. The summed E-state index contributed by atoms with van der Waals surface area (Å²) in [5.41, 5.74) is 6.00. The number of halogens is 3. The van der Waals surface area contributed by atoms with Crippen LogP contribution in [0, 0.1) is 17.2 Å². The van der Waals surface area contributed by atoms with Crippen LogP contribution in [0.3, 0.4) is 0 Å². The van der Waals surface area contributed by atoms with Crippen LogP contribution in [-0.4, -0.2) is 24.5 Å². The van der Waals surface area contributed by atoms with Gasteiger partial charge in [0.05, 0.1) is 17.0 Å². The number of benzene rings is 3. The van der Waals surface area contributed by atoms with E-state index in [0.717, 1.165) is 38.5 Å². The molecule has 0 bridgehead atoms. The summed E-state index contributed by atoms with van der Waals surface area (Å²) in [7, 11) is 0. The highest BCUT2D eigenvalue weighted by Gasteiger charge is 2.43. The van der Waals surface area contributed by atoms with Crippen LogP contribution in [-0.2, 0) is 11.6 Å². The molecule has 1 aliphatic carbocycles. The number of rotatable bonds is 6. The molecule has 5 heteroatoms. The maximum atomic E-state index is 13.9. The Hall–Kier alpha value is -3.62. The molecule has 2 nitrogen and oxygen atoms in total. The zero-order valence-corrected chi connectivity index (χ0v) is 23.1. The molecule has 1 fully saturated rings. The van der Waals surface area contributed by atoms with Crippen LogP contribution in [0.5, 0.6) is 0 Å². The van der Waals surface area contributed by atoms with Crippen LogP contribution >= 0.6 is 0 Å². The first-order valence-electron chi connectivity index (χ1n) is 14.1. The largest absolute Gasteiger partial charge is 0.416 e. The normalized spacial score (nSPS) is 17.1. The number of piperidine rings is 1. The molecule has 0 amide bonds. The van der Waals surface area contributed by atoms with Gasteiger partial charge in [-0.25, -0.2) is 0 Å². The quantitative estimate of drug-likeness (QED) is 0.244. The zero-order chi connectivity index (χ0) is 28.3. The van der Waals surface area contributed by atoms with Gasteiger partial charge >= 0.3 is 6.18 Å². The van der Waals surface area contributed by atoms with Gasteiger partial charge in [-0.15, -0.1) is 0 Å². The van der Waals surface area contributed by atoms with Gasteiger partial charge in [0.2, 0.25) is 0 Å². The monoisotopic (exact) mass is 540 g/mol. The van der Waals surface area contributed by atoms with Crippen molar-refractivity contribution in [3.8, 4) is 6.07 Å². The number of hydrogen-bond donors (Lipinski definition) is 0. The Morgan fingerprint density at radius 3 is 1.85 bits per heavy atom. The fourth-order valence-corrected chi connectivity index (χ4v) is 6.42. The zero-order valence-electron chi connectivity index (χ0n) is 23.1. The predicted molar refractivity (Wildman–Crippen MR) is 156 cm³/mol. The van der Waals surface area contributed by atoms with E-state index in [9.17, 15) is 18.4 Å². The highest BCUT2D eigenvalue weighted by molar-refractivity contribution is 5.94. The minimum absolute atomic E-state index is 0.102. The third-order valence-corrected chi connectivity index (χ3v) is 8.66. The molecule has 40 heavy (non-hydrogen) atoms. The van der Waals surface area contributed by atoms with Gasteiger partial charge in [-0.05, 0) is 77.6 Å². The Morgan fingerprint density at radius 2 is 1.32 bits per heavy atom. The van der Waals surface area contributed by atoms with E-state index in [1.807, 2.05) is 13.8 Å². The maximum Gasteiger partial charge on any atom is 0.416 e. The molecule has 1 atom stereocenters. The van der Waals surface area contributed by atoms with Gasteiger partial charge < -0.3 is 4.90 Å². The Kier molecular flexibility index (Phi) is 8.01. The van der Waals surface area contributed by atoms with Crippen molar-refractivity contribution >= 4 is 17.7 Å². The Bertz CT molecular complexity index is 1410. The summed E-state index contributed by atoms with van der Waals surface area (Å²) >= 11 is 0. The number of nitrogens with zero attached hydrogens (tertiary/aromatic N) is 2. The average molecular weight is 541 g/mol. The lowest BCUT2D eigenvalue weighted by Gasteiger charge is -2.35. The van der Waals surface area contributed by atoms with Gasteiger partial charge in [-0.1, -0.05) is 98.3 Å². The Labute approximate surface area is 235 Å². The molecule has 5 rings (SSSR count). The topological polar surface area (TPSA) is 27.0 Å². The Balaban J connectivity index is 1.33. The van der Waals surface area contributed by atoms with E-state index in [2.05, 4.69) is 71.7 Å². The lowest BCUT2D eigenvalue weighted by molar-refractivity contribution is -0.138. The molecule has 0 radical (unpaired) electrons. The summed E-state index contributed by atoms with van der Waals surface area (Å²) in [5, 5.41) is 10.2. The van der Waals surface area contributed by atoms with Gasteiger partial charge in [-0.2, -0.15) is 18.4 Å². The molecular weight excluding hydrogens is 505 g/mol. The second-order valence-corrected chi connectivity index (χ2v) is 11.2. The third-order valence-electron chi connectivity index (χ3n) is 8.66. The molecule has 206 valence electrons. The molecular formula is C35H35F3N2. The molecule has 0 aromatic heterocycles. The lowest BCUT2D eigenvalue weighted by Crippen LogP contribution is -2.36. The fraction of sp³-hybridized carbons (Fsp3) is 0.343. The molecule has 3 aromatic carbocycles. The average Bonchev–Trinajstić information content (AvgIpc) is 3.12. The van der Waals surface area contributed by atoms with Crippen LogP contribution in [0.2, 0.25) is 0 Å². The van der Waals surface area contributed by atoms with Crippen LogP contribution in [0.15, 0.2) is 78.4 Å². The van der Waals surface area contributed by atoms with Crippen molar-refractivity contribution in [2.24, 2.45) is 5.92 Å². The molecule has 2 aliphatic rings. The van der Waals surface area contributed by atoms with Gasteiger partial charge in [0.15, 0.2) is 0 Å². The van der Waals surface area contributed by atoms with E-state index >= 15 is 0 Å². The number of likely N-dealkylation sites (tertiary alicyclic amines) is 1. The first-order chi connectivity index (χ1) is 19.2. The number of nitriles is 1. The number of fused-ring (bicyclic) bond motifs is 2. The van der Waals surface area contributed by atoms with Crippen LogP contribution in [0.1, 0.15) is 72.9 Å². The summed E-state index contributed by atoms with van der Waals surface area (Å²) in [5.74, 6) is -0.248. The van der Waals surface area contributed by atoms with E-state index in [0.29, 0.717) is 12.8 Å². The minimum Gasteiger partial charge on any atom is -0.303 e. The van der Waals surface area contributed by atoms with Crippen molar-refractivity contribution in [2.75, 3.05) is 19.6 Å². The third kappa shape index (κ3) is 5.38. The van der Waals surface area contributed by atoms with E-state index in [4.69, 9.17) is 0 Å². The van der Waals surface area contributed by atoms with Gasteiger partial charge in [-0.3, -0.25) is 0 Å². The summed E-state index contributed by atoms with van der Waals surface area (Å²) in [6.45, 7) is 6.27. The van der Waals surface area contributed by atoms with Crippen LogP contribution < -0.4 is 0 Å². The molecule has 0 saturated carbocycles. The summed E-state index contributed by atoms with van der Waals surface area (Å²) < 4.78 is 41.6. The van der Waals surface area contributed by atoms with Gasteiger partial charge in [0.25, 0.3) is 0 Å². The second kappa shape index (κ2) is 11.5. The highest BCUT2D eigenvalue weighted by Crippen LogP contribution is 2.44. The van der Waals surface area contributed by atoms with Crippen molar-refractivity contribution < 1.29 is 13.2 Å². The first kappa shape index (κ1) is 27.9. The summed E-state index contributed by atoms with van der Waals surface area (Å²) in [4.78, 5) is 2.40. The van der Waals surface area contributed by atoms with Gasteiger partial charge in [0, 0.05) is 13.1 Å². The molecule has 1 heterocycles. The molecule has 0 N–H and O–H groups in total. The molecule has 1 aliphatic heterocycles. The number of alkyl halides is 3. The van der Waals surface area contributed by atoms with Gasteiger partial charge in [0.1, 0.15) is 0 Å². The highest BCUT2D eigenvalue weighted by atomic mass is 19.4. The number of hydrogen-bond acceptors (Lipinski definition) is 2. The minimum atomic E-state index is -4.49.